The number of fused-ring (bicyclic) bond motifs is 1. The number of methoxy groups -OCH3 is 1. The molecule has 1 amide bonds. The van der Waals surface area contributed by atoms with Gasteiger partial charge in [-0.2, -0.15) is 13.2 Å². The second-order valence-electron chi connectivity index (χ2n) is 8.45. The number of rotatable bonds is 6. The number of alkyl halides is 3. The lowest BCUT2D eigenvalue weighted by molar-refractivity contribution is -0.148. The van der Waals surface area contributed by atoms with Crippen molar-refractivity contribution in [3.63, 3.8) is 0 Å². The van der Waals surface area contributed by atoms with Crippen LogP contribution >= 0.6 is 12.4 Å². The van der Waals surface area contributed by atoms with Crippen LogP contribution in [0.2, 0.25) is 0 Å². The summed E-state index contributed by atoms with van der Waals surface area (Å²) in [6, 6.07) is 6.58. The van der Waals surface area contributed by atoms with E-state index >= 15 is 0 Å². The molecule has 13 heteroatoms. The summed E-state index contributed by atoms with van der Waals surface area (Å²) in [5.41, 5.74) is 6.47. The Hall–Kier alpha value is -3.25. The highest BCUT2D eigenvalue weighted by atomic mass is 35.5. The number of hydrogen-bond donors (Lipinski definition) is 1. The lowest BCUT2D eigenvalue weighted by atomic mass is 10.0. The molecule has 0 saturated heterocycles. The molecule has 0 aliphatic carbocycles. The van der Waals surface area contributed by atoms with Crippen molar-refractivity contribution in [3.8, 4) is 17.0 Å². The summed E-state index contributed by atoms with van der Waals surface area (Å²) in [6.45, 7) is -0.310. The van der Waals surface area contributed by atoms with Crippen LogP contribution in [0.1, 0.15) is 23.5 Å². The molecule has 1 atom stereocenters. The van der Waals surface area contributed by atoms with Crippen molar-refractivity contribution in [1.82, 2.24) is 14.5 Å². The van der Waals surface area contributed by atoms with Gasteiger partial charge in [-0.1, -0.05) is 12.1 Å². The van der Waals surface area contributed by atoms with E-state index in [0.29, 0.717) is 23.4 Å². The van der Waals surface area contributed by atoms with E-state index in [-0.39, 0.29) is 61.8 Å². The van der Waals surface area contributed by atoms with Gasteiger partial charge in [0, 0.05) is 37.2 Å². The van der Waals surface area contributed by atoms with Gasteiger partial charge in [0.25, 0.3) is 0 Å². The molecule has 1 aliphatic heterocycles. The summed E-state index contributed by atoms with van der Waals surface area (Å²) in [4.78, 5) is 18.1. The fourth-order valence-electron chi connectivity index (χ4n) is 4.23. The Morgan fingerprint density at radius 1 is 1.11 bits per heavy atom. The molecule has 200 valence electrons. The molecule has 3 aromatic rings. The van der Waals surface area contributed by atoms with Crippen LogP contribution in [0.15, 0.2) is 36.4 Å². The molecule has 0 saturated carbocycles. The maximum absolute atomic E-state index is 13.9. The number of nitrogens with zero attached hydrogens (tertiary/aromatic N) is 3. The monoisotopic (exact) mass is 548 g/mol. The van der Waals surface area contributed by atoms with E-state index in [0.717, 1.165) is 4.57 Å². The first-order chi connectivity index (χ1) is 17.0. The van der Waals surface area contributed by atoms with Crippen molar-refractivity contribution in [2.45, 2.75) is 38.1 Å². The highest BCUT2D eigenvalue weighted by Crippen LogP contribution is 2.36. The minimum atomic E-state index is -4.70. The zero-order valence-electron chi connectivity index (χ0n) is 19.5. The molecular weight excluding hydrogens is 526 g/mol. The second kappa shape index (κ2) is 11.0. The van der Waals surface area contributed by atoms with Gasteiger partial charge in [-0.15, -0.1) is 12.4 Å². The topological polar surface area (TPSA) is 73.4 Å². The molecule has 0 fully saturated rings. The number of carbonyl (C=O) groups excluding carboxylic acids is 1. The van der Waals surface area contributed by atoms with Gasteiger partial charge < -0.3 is 19.9 Å². The molecule has 2 N–H and O–H groups in total. The van der Waals surface area contributed by atoms with E-state index in [9.17, 15) is 31.1 Å². The molecule has 1 aliphatic rings. The molecule has 0 spiro atoms. The van der Waals surface area contributed by atoms with Crippen molar-refractivity contribution in [1.29, 1.82) is 0 Å². The molecule has 0 bridgehead atoms. The first-order valence-corrected chi connectivity index (χ1v) is 11.0. The number of halogens is 7. The lowest BCUT2D eigenvalue weighted by Crippen LogP contribution is -2.42. The van der Waals surface area contributed by atoms with Crippen LogP contribution < -0.4 is 10.5 Å². The number of hydrogen-bond acceptors (Lipinski definition) is 4. The SMILES string of the molecule is COc1cccc(-c2nc(C(F)(F)F)n3c2CN(C(=O)C[C@H](N)Cc2cc(F)c(F)cc2F)CC3)c1.Cl. The second-order valence-corrected chi connectivity index (χ2v) is 8.45. The van der Waals surface area contributed by atoms with Crippen LogP contribution in [0, 0.1) is 17.5 Å². The summed E-state index contributed by atoms with van der Waals surface area (Å²) in [5, 5.41) is 0. The average molecular weight is 549 g/mol. The third-order valence-corrected chi connectivity index (χ3v) is 5.96. The summed E-state index contributed by atoms with van der Waals surface area (Å²) >= 11 is 0. The third kappa shape index (κ3) is 6.02. The minimum Gasteiger partial charge on any atom is -0.497 e. The van der Waals surface area contributed by atoms with E-state index in [1.165, 1.54) is 12.0 Å². The Morgan fingerprint density at radius 3 is 2.49 bits per heavy atom. The van der Waals surface area contributed by atoms with Gasteiger partial charge in [0.2, 0.25) is 11.7 Å². The standard InChI is InChI=1S/C24H22F6N4O2.ClH/c1-36-16-4-2-3-13(8-16)22-20-12-33(5-6-34(20)23(32-22)24(28,29)30)21(35)10-15(31)7-14-9-18(26)19(27)11-17(14)25;/h2-4,8-9,11,15H,5-7,10,12,31H2,1H3;1H/t15-;/m1./s1. The van der Waals surface area contributed by atoms with Crippen LogP contribution in [0.25, 0.3) is 11.3 Å². The Kier molecular flexibility index (Phi) is 8.43. The fraction of sp³-hybridized carbons (Fsp3) is 0.333. The lowest BCUT2D eigenvalue weighted by Gasteiger charge is -2.30. The molecule has 6 nitrogen and oxygen atoms in total. The van der Waals surface area contributed by atoms with E-state index in [4.69, 9.17) is 10.5 Å². The number of ether oxygens (including phenoxy) is 1. The van der Waals surface area contributed by atoms with Crippen molar-refractivity contribution >= 4 is 18.3 Å². The first kappa shape index (κ1) is 28.3. The average Bonchev–Trinajstić information content (AvgIpc) is 3.22. The number of amides is 1. The predicted octanol–water partition coefficient (Wildman–Crippen LogP) is 4.72. The maximum atomic E-state index is 13.9. The Labute approximate surface area is 214 Å². The number of imidazole rings is 1. The summed E-state index contributed by atoms with van der Waals surface area (Å²) in [7, 11) is 1.43. The summed E-state index contributed by atoms with van der Waals surface area (Å²) in [6.07, 6.45) is -5.20. The summed E-state index contributed by atoms with van der Waals surface area (Å²) in [5.74, 6) is -4.66. The Bertz CT molecular complexity index is 1300. The van der Waals surface area contributed by atoms with Crippen molar-refractivity contribution in [2.75, 3.05) is 13.7 Å². The highest BCUT2D eigenvalue weighted by Gasteiger charge is 2.41. The quantitative estimate of drug-likeness (QED) is 0.357. The summed E-state index contributed by atoms with van der Waals surface area (Å²) < 4.78 is 87.8. The number of aromatic nitrogens is 2. The fourth-order valence-corrected chi connectivity index (χ4v) is 4.23. The van der Waals surface area contributed by atoms with Gasteiger partial charge in [-0.25, -0.2) is 18.2 Å². The van der Waals surface area contributed by atoms with E-state index < -0.39 is 41.4 Å². The van der Waals surface area contributed by atoms with Crippen molar-refractivity contribution < 1.29 is 35.9 Å². The molecule has 2 aromatic carbocycles. The molecule has 1 aromatic heterocycles. The molecular formula is C24H23ClF6N4O2. The molecule has 4 rings (SSSR count). The van der Waals surface area contributed by atoms with Crippen molar-refractivity contribution in [2.24, 2.45) is 5.73 Å². The van der Waals surface area contributed by atoms with Gasteiger partial charge in [0.05, 0.1) is 25.0 Å². The zero-order valence-corrected chi connectivity index (χ0v) is 20.3. The number of carbonyl (C=O) groups is 1. The van der Waals surface area contributed by atoms with E-state index in [2.05, 4.69) is 4.98 Å². The van der Waals surface area contributed by atoms with Gasteiger partial charge in [0.1, 0.15) is 11.6 Å². The number of nitrogens with two attached hydrogens (primary N) is 1. The van der Waals surface area contributed by atoms with E-state index in [1.54, 1.807) is 24.3 Å². The van der Waals surface area contributed by atoms with Crippen molar-refractivity contribution in [3.05, 3.63) is 70.9 Å². The van der Waals surface area contributed by atoms with Crippen LogP contribution in [0.5, 0.6) is 5.75 Å². The largest absolute Gasteiger partial charge is 0.497 e. The van der Waals surface area contributed by atoms with Crippen LogP contribution in [-0.4, -0.2) is 40.1 Å². The van der Waals surface area contributed by atoms with E-state index in [1.807, 2.05) is 0 Å². The van der Waals surface area contributed by atoms with Gasteiger partial charge in [0.15, 0.2) is 11.6 Å². The minimum absolute atomic E-state index is 0. The molecule has 2 heterocycles. The highest BCUT2D eigenvalue weighted by molar-refractivity contribution is 5.85. The molecule has 0 radical (unpaired) electrons. The Balaban J connectivity index is 0.00000380. The van der Waals surface area contributed by atoms with Gasteiger partial charge >= 0.3 is 6.18 Å². The first-order valence-electron chi connectivity index (χ1n) is 11.0. The van der Waals surface area contributed by atoms with Gasteiger partial charge in [-0.05, 0) is 30.2 Å². The third-order valence-electron chi connectivity index (χ3n) is 5.96. The Morgan fingerprint density at radius 2 is 1.81 bits per heavy atom. The van der Waals surface area contributed by atoms with Gasteiger partial charge in [-0.3, -0.25) is 4.79 Å². The zero-order chi connectivity index (χ0) is 26.2. The smallest absolute Gasteiger partial charge is 0.449 e. The van der Waals surface area contributed by atoms with Crippen LogP contribution in [0.4, 0.5) is 26.3 Å². The number of benzene rings is 2. The molecule has 0 unspecified atom stereocenters. The predicted molar refractivity (Wildman–Crippen MR) is 124 cm³/mol. The maximum Gasteiger partial charge on any atom is 0.449 e. The molecule has 37 heavy (non-hydrogen) atoms. The normalized spacial score (nSPS) is 14.1. The van der Waals surface area contributed by atoms with Crippen LogP contribution in [-0.2, 0) is 30.5 Å². The van der Waals surface area contributed by atoms with Crippen LogP contribution in [0.3, 0.4) is 0 Å².